The molecule has 0 bridgehead atoms. The molecular formula is C12H24N2O4S. The summed E-state index contributed by atoms with van der Waals surface area (Å²) in [6.07, 6.45) is 1.31. The van der Waals surface area contributed by atoms with E-state index >= 15 is 0 Å². The summed E-state index contributed by atoms with van der Waals surface area (Å²) in [7, 11) is -3.51. The third kappa shape index (κ3) is 5.46. The van der Waals surface area contributed by atoms with Crippen LogP contribution in [-0.4, -0.2) is 42.9 Å². The van der Waals surface area contributed by atoms with Crippen LogP contribution < -0.4 is 4.72 Å². The second-order valence-corrected chi connectivity index (χ2v) is 7.42. The first-order chi connectivity index (χ1) is 8.70. The Hall–Kier alpha value is -0.660. The lowest BCUT2D eigenvalue weighted by Crippen LogP contribution is -2.50. The molecule has 0 radical (unpaired) electrons. The number of hydrogen-bond donors (Lipinski definition) is 2. The first kappa shape index (κ1) is 16.4. The van der Waals surface area contributed by atoms with Crippen LogP contribution in [0.15, 0.2) is 0 Å². The lowest BCUT2D eigenvalue weighted by molar-refractivity contribution is -0.137. The van der Waals surface area contributed by atoms with Crippen molar-refractivity contribution in [1.29, 1.82) is 0 Å². The molecule has 19 heavy (non-hydrogen) atoms. The van der Waals surface area contributed by atoms with E-state index in [1.807, 2.05) is 13.8 Å². The van der Waals surface area contributed by atoms with Crippen molar-refractivity contribution in [1.82, 2.24) is 9.03 Å². The lowest BCUT2D eigenvalue weighted by atomic mass is 9.94. The predicted molar refractivity (Wildman–Crippen MR) is 72.9 cm³/mol. The summed E-state index contributed by atoms with van der Waals surface area (Å²) < 4.78 is 28.4. The van der Waals surface area contributed by atoms with Gasteiger partial charge in [0.1, 0.15) is 0 Å². The highest BCUT2D eigenvalue weighted by Gasteiger charge is 2.31. The number of carboxylic acid groups (broad SMARTS) is 1. The highest BCUT2D eigenvalue weighted by molar-refractivity contribution is 7.87. The highest BCUT2D eigenvalue weighted by Crippen LogP contribution is 2.22. The Morgan fingerprint density at radius 3 is 2.37 bits per heavy atom. The molecule has 7 heteroatoms. The van der Waals surface area contributed by atoms with Crippen molar-refractivity contribution < 1.29 is 18.3 Å². The number of nitrogens with one attached hydrogen (secondary N) is 1. The molecule has 1 aliphatic heterocycles. The maximum absolute atomic E-state index is 12.2. The van der Waals surface area contributed by atoms with Gasteiger partial charge in [-0.1, -0.05) is 13.8 Å². The Kier molecular flexibility index (Phi) is 5.76. The van der Waals surface area contributed by atoms with Crippen LogP contribution in [0.3, 0.4) is 0 Å². The monoisotopic (exact) mass is 292 g/mol. The van der Waals surface area contributed by atoms with Gasteiger partial charge in [-0.15, -0.1) is 0 Å². The number of rotatable bonds is 6. The van der Waals surface area contributed by atoms with Gasteiger partial charge in [-0.25, -0.2) is 0 Å². The van der Waals surface area contributed by atoms with E-state index in [1.165, 1.54) is 4.31 Å². The van der Waals surface area contributed by atoms with Gasteiger partial charge in [-0.3, -0.25) is 4.79 Å². The maximum atomic E-state index is 12.2. The minimum atomic E-state index is -3.51. The molecule has 0 saturated carbocycles. The van der Waals surface area contributed by atoms with Crippen LogP contribution in [-0.2, 0) is 15.0 Å². The molecule has 0 aromatic rings. The van der Waals surface area contributed by atoms with Crippen molar-refractivity contribution in [3.05, 3.63) is 0 Å². The fourth-order valence-corrected chi connectivity index (χ4v) is 4.21. The zero-order valence-corrected chi connectivity index (χ0v) is 12.6. The van der Waals surface area contributed by atoms with E-state index in [2.05, 4.69) is 4.72 Å². The van der Waals surface area contributed by atoms with Crippen molar-refractivity contribution in [2.75, 3.05) is 13.1 Å². The van der Waals surface area contributed by atoms with E-state index in [4.69, 9.17) is 5.11 Å². The van der Waals surface area contributed by atoms with Crippen molar-refractivity contribution in [3.8, 4) is 0 Å². The molecule has 112 valence electrons. The molecule has 3 atom stereocenters. The Balaban J connectivity index is 2.57. The largest absolute Gasteiger partial charge is 0.481 e. The third-order valence-corrected chi connectivity index (χ3v) is 4.99. The first-order valence-corrected chi connectivity index (χ1v) is 8.14. The summed E-state index contributed by atoms with van der Waals surface area (Å²) in [6.45, 7) is 6.85. The SMILES string of the molecule is CC1CC(C)CN(S(=O)(=O)NC(C)CCC(=O)O)C1. The molecule has 1 saturated heterocycles. The van der Waals surface area contributed by atoms with Gasteiger partial charge in [0.15, 0.2) is 0 Å². The van der Waals surface area contributed by atoms with Gasteiger partial charge in [0.2, 0.25) is 0 Å². The molecule has 0 aromatic carbocycles. The number of piperidine rings is 1. The normalized spacial score (nSPS) is 27.1. The second-order valence-electron chi connectivity index (χ2n) is 5.72. The zero-order valence-electron chi connectivity index (χ0n) is 11.8. The molecule has 0 spiro atoms. The number of carboxylic acids is 1. The van der Waals surface area contributed by atoms with Crippen LogP contribution in [0.5, 0.6) is 0 Å². The number of nitrogens with zero attached hydrogens (tertiary/aromatic N) is 1. The van der Waals surface area contributed by atoms with Gasteiger partial charge in [-0.05, 0) is 31.6 Å². The van der Waals surface area contributed by atoms with E-state index in [0.717, 1.165) is 6.42 Å². The molecular weight excluding hydrogens is 268 g/mol. The van der Waals surface area contributed by atoms with Crippen LogP contribution in [0.2, 0.25) is 0 Å². The molecule has 2 N–H and O–H groups in total. The molecule has 0 aliphatic carbocycles. The smallest absolute Gasteiger partial charge is 0.303 e. The van der Waals surface area contributed by atoms with E-state index in [-0.39, 0.29) is 12.5 Å². The molecule has 1 heterocycles. The lowest BCUT2D eigenvalue weighted by Gasteiger charge is -2.34. The summed E-state index contributed by atoms with van der Waals surface area (Å²) in [5, 5.41) is 8.59. The van der Waals surface area contributed by atoms with Gasteiger partial charge in [-0.2, -0.15) is 17.4 Å². The molecule has 3 unspecified atom stereocenters. The molecule has 6 nitrogen and oxygen atoms in total. The summed E-state index contributed by atoms with van der Waals surface area (Å²) in [4.78, 5) is 10.5. The molecule has 1 rings (SSSR count). The van der Waals surface area contributed by atoms with Crippen LogP contribution in [0.1, 0.15) is 40.0 Å². The topological polar surface area (TPSA) is 86.7 Å². The predicted octanol–water partition coefficient (Wildman–Crippen LogP) is 1.05. The second kappa shape index (κ2) is 6.67. The third-order valence-electron chi connectivity index (χ3n) is 3.32. The van der Waals surface area contributed by atoms with E-state index < -0.39 is 16.2 Å². The van der Waals surface area contributed by atoms with Gasteiger partial charge in [0, 0.05) is 25.6 Å². The number of hydrogen-bond acceptors (Lipinski definition) is 3. The number of carbonyl (C=O) groups is 1. The molecule has 1 aliphatic rings. The minimum Gasteiger partial charge on any atom is -0.481 e. The van der Waals surface area contributed by atoms with E-state index in [1.54, 1.807) is 6.92 Å². The average molecular weight is 292 g/mol. The standard InChI is InChI=1S/C12H24N2O4S/c1-9-6-10(2)8-14(7-9)19(17,18)13-11(3)4-5-12(15)16/h9-11,13H,4-8H2,1-3H3,(H,15,16). The molecule has 0 aromatic heterocycles. The number of aliphatic carboxylic acids is 1. The molecule has 1 fully saturated rings. The summed E-state index contributed by atoms with van der Waals surface area (Å²) in [5.74, 6) is -0.199. The van der Waals surface area contributed by atoms with Crippen LogP contribution in [0.25, 0.3) is 0 Å². The van der Waals surface area contributed by atoms with Crippen molar-refractivity contribution >= 4 is 16.2 Å². The fourth-order valence-electron chi connectivity index (χ4n) is 2.53. The maximum Gasteiger partial charge on any atom is 0.303 e. The summed E-state index contributed by atoms with van der Waals surface area (Å²) in [6, 6.07) is -0.367. The Bertz CT molecular complexity index is 400. The van der Waals surface area contributed by atoms with Crippen molar-refractivity contribution in [2.45, 2.75) is 46.1 Å². The van der Waals surface area contributed by atoms with Crippen LogP contribution in [0.4, 0.5) is 0 Å². The van der Waals surface area contributed by atoms with Crippen molar-refractivity contribution in [2.24, 2.45) is 11.8 Å². The Labute approximate surface area is 115 Å². The minimum absolute atomic E-state index is 0.0313. The summed E-state index contributed by atoms with van der Waals surface area (Å²) >= 11 is 0. The average Bonchev–Trinajstić information content (AvgIpc) is 2.24. The van der Waals surface area contributed by atoms with E-state index in [0.29, 0.717) is 31.3 Å². The Morgan fingerprint density at radius 1 is 1.37 bits per heavy atom. The quantitative estimate of drug-likeness (QED) is 0.766. The fraction of sp³-hybridized carbons (Fsp3) is 0.917. The van der Waals surface area contributed by atoms with Gasteiger partial charge >= 0.3 is 5.97 Å². The van der Waals surface area contributed by atoms with Crippen LogP contribution >= 0.6 is 0 Å². The summed E-state index contributed by atoms with van der Waals surface area (Å²) in [5.41, 5.74) is 0. The first-order valence-electron chi connectivity index (χ1n) is 6.70. The van der Waals surface area contributed by atoms with Gasteiger partial charge in [0.05, 0.1) is 0 Å². The highest BCUT2D eigenvalue weighted by atomic mass is 32.2. The van der Waals surface area contributed by atoms with Gasteiger partial charge in [0.25, 0.3) is 10.2 Å². The van der Waals surface area contributed by atoms with E-state index in [9.17, 15) is 13.2 Å². The van der Waals surface area contributed by atoms with Crippen molar-refractivity contribution in [3.63, 3.8) is 0 Å². The zero-order chi connectivity index (χ0) is 14.6. The molecule has 0 amide bonds. The Morgan fingerprint density at radius 2 is 1.89 bits per heavy atom. The van der Waals surface area contributed by atoms with Gasteiger partial charge < -0.3 is 5.11 Å². The van der Waals surface area contributed by atoms with Crippen LogP contribution in [0, 0.1) is 11.8 Å².